The Hall–Kier alpha value is 0.210. The van der Waals surface area contributed by atoms with E-state index in [9.17, 15) is 0 Å². The molecule has 0 saturated carbocycles. The molecule has 0 spiro atoms. The summed E-state index contributed by atoms with van der Waals surface area (Å²) in [6, 6.07) is 0. The summed E-state index contributed by atoms with van der Waals surface area (Å²) in [5, 5.41) is 0. The molecule has 0 radical (unpaired) electrons. The van der Waals surface area contributed by atoms with Crippen LogP contribution in [0.15, 0.2) is 22.3 Å². The normalized spacial score (nSPS) is 27.4. The summed E-state index contributed by atoms with van der Waals surface area (Å²) < 4.78 is 3.31. The molecule has 0 aromatic heterocycles. The van der Waals surface area contributed by atoms with Gasteiger partial charge >= 0.3 is 60.8 Å². The van der Waals surface area contributed by atoms with Crippen molar-refractivity contribution in [1.29, 1.82) is 0 Å². The zero-order valence-electron chi connectivity index (χ0n) is 5.00. The van der Waals surface area contributed by atoms with Gasteiger partial charge < -0.3 is 0 Å². The van der Waals surface area contributed by atoms with E-state index < -0.39 is 0 Å². The van der Waals surface area contributed by atoms with Crippen LogP contribution < -0.4 is 0 Å². The molecule has 1 atom stereocenters. The summed E-state index contributed by atoms with van der Waals surface area (Å²) in [6.07, 6.45) is 8.02. The van der Waals surface area contributed by atoms with Gasteiger partial charge in [0.2, 0.25) is 0 Å². The van der Waals surface area contributed by atoms with E-state index in [4.69, 9.17) is 0 Å². The van der Waals surface area contributed by atoms with Crippen molar-refractivity contribution in [1.82, 2.24) is 0 Å². The SMILES string of the molecule is CCC1C=CC=C[IH]1. The third-order valence-corrected chi connectivity index (χ3v) is 4.47. The van der Waals surface area contributed by atoms with Gasteiger partial charge in [-0.25, -0.2) is 0 Å². The van der Waals surface area contributed by atoms with Gasteiger partial charge in [0, 0.05) is 0 Å². The standard InChI is InChI=1S/C7H11I/c1-2-7-5-3-4-6-8-7/h3-8H,2H2,1H3. The van der Waals surface area contributed by atoms with Gasteiger partial charge in [-0.15, -0.1) is 0 Å². The molecule has 1 unspecified atom stereocenters. The Labute approximate surface area is 60.9 Å². The maximum absolute atomic E-state index is 2.36. The summed E-state index contributed by atoms with van der Waals surface area (Å²) in [7, 11) is 0. The van der Waals surface area contributed by atoms with Crippen LogP contribution in [0.1, 0.15) is 13.3 Å². The Morgan fingerprint density at radius 1 is 1.50 bits per heavy atom. The van der Waals surface area contributed by atoms with E-state index in [-0.39, 0.29) is 21.2 Å². The monoisotopic (exact) mass is 222 g/mol. The molecule has 0 fully saturated rings. The Balaban J connectivity index is 2.40. The molecule has 0 aromatic rings. The molecule has 0 bridgehead atoms. The third kappa shape index (κ3) is 1.62. The van der Waals surface area contributed by atoms with Crippen molar-refractivity contribution in [3.63, 3.8) is 0 Å². The van der Waals surface area contributed by atoms with Crippen LogP contribution in [0.4, 0.5) is 0 Å². The molecule has 0 N–H and O–H groups in total. The molecule has 0 aromatic carbocycles. The molecular weight excluding hydrogens is 211 g/mol. The Morgan fingerprint density at radius 3 is 2.75 bits per heavy atom. The van der Waals surface area contributed by atoms with Gasteiger partial charge in [-0.2, -0.15) is 0 Å². The van der Waals surface area contributed by atoms with Crippen molar-refractivity contribution in [2.24, 2.45) is 0 Å². The molecule has 1 heteroatoms. The van der Waals surface area contributed by atoms with E-state index in [0.29, 0.717) is 0 Å². The number of allylic oxidation sites excluding steroid dienone is 3. The summed E-state index contributed by atoms with van der Waals surface area (Å²) in [6.45, 7) is 2.26. The van der Waals surface area contributed by atoms with Crippen LogP contribution in [0.3, 0.4) is 0 Å². The van der Waals surface area contributed by atoms with Crippen LogP contribution in [-0.2, 0) is 0 Å². The second-order valence-corrected chi connectivity index (χ2v) is 5.08. The Kier molecular flexibility index (Phi) is 2.59. The van der Waals surface area contributed by atoms with Crippen LogP contribution in [0.5, 0.6) is 0 Å². The average molecular weight is 222 g/mol. The molecule has 8 heavy (non-hydrogen) atoms. The second-order valence-electron chi connectivity index (χ2n) is 1.80. The van der Waals surface area contributed by atoms with Crippen molar-refractivity contribution < 1.29 is 0 Å². The van der Waals surface area contributed by atoms with Gasteiger partial charge in [-0.1, -0.05) is 0 Å². The maximum atomic E-state index is 2.36. The molecule has 1 heterocycles. The quantitative estimate of drug-likeness (QED) is 0.472. The molecule has 0 amide bonds. The number of rotatable bonds is 1. The average Bonchev–Trinajstić information content (AvgIpc) is 1.90. The third-order valence-electron chi connectivity index (χ3n) is 1.17. The van der Waals surface area contributed by atoms with E-state index in [1.165, 1.54) is 6.42 Å². The molecular formula is C7H11I. The van der Waals surface area contributed by atoms with E-state index in [1.807, 2.05) is 0 Å². The number of hydrogen-bond acceptors (Lipinski definition) is 0. The van der Waals surface area contributed by atoms with E-state index in [0.717, 1.165) is 3.92 Å². The Morgan fingerprint density at radius 2 is 2.38 bits per heavy atom. The number of alkyl halides is 1. The number of halogens is 1. The van der Waals surface area contributed by atoms with E-state index in [1.54, 1.807) is 0 Å². The molecule has 46 valence electrons. The fourth-order valence-electron chi connectivity index (χ4n) is 0.657. The molecule has 0 aliphatic carbocycles. The second kappa shape index (κ2) is 3.28. The fourth-order valence-corrected chi connectivity index (χ4v) is 2.82. The zero-order chi connectivity index (χ0) is 5.82. The van der Waals surface area contributed by atoms with Crippen molar-refractivity contribution in [3.05, 3.63) is 22.3 Å². The zero-order valence-corrected chi connectivity index (χ0v) is 7.33. The van der Waals surface area contributed by atoms with Gasteiger partial charge in [0.15, 0.2) is 0 Å². The Bertz CT molecular complexity index is 114. The summed E-state index contributed by atoms with van der Waals surface area (Å²) >= 11 is 0.225. The first-order valence-electron chi connectivity index (χ1n) is 2.92. The summed E-state index contributed by atoms with van der Waals surface area (Å²) in [5.41, 5.74) is 0. The van der Waals surface area contributed by atoms with Crippen LogP contribution in [-0.4, -0.2) is 3.92 Å². The first-order chi connectivity index (χ1) is 3.93. The molecule has 1 aliphatic heterocycles. The van der Waals surface area contributed by atoms with Crippen molar-refractivity contribution in [2.75, 3.05) is 0 Å². The number of hydrogen-bond donors (Lipinski definition) is 0. The first kappa shape index (κ1) is 6.33. The van der Waals surface area contributed by atoms with Gasteiger partial charge in [0.05, 0.1) is 0 Å². The first-order valence-corrected chi connectivity index (χ1v) is 5.61. The molecule has 0 nitrogen and oxygen atoms in total. The predicted molar refractivity (Wildman–Crippen MR) is 47.8 cm³/mol. The van der Waals surface area contributed by atoms with Crippen LogP contribution in [0.2, 0.25) is 0 Å². The topological polar surface area (TPSA) is 0 Å². The minimum absolute atomic E-state index is 0.225. The molecule has 1 rings (SSSR count). The van der Waals surface area contributed by atoms with Crippen molar-refractivity contribution in [2.45, 2.75) is 17.3 Å². The van der Waals surface area contributed by atoms with Gasteiger partial charge in [-0.05, 0) is 0 Å². The van der Waals surface area contributed by atoms with Crippen LogP contribution >= 0.6 is 21.2 Å². The van der Waals surface area contributed by atoms with Crippen molar-refractivity contribution >= 4 is 21.2 Å². The van der Waals surface area contributed by atoms with Gasteiger partial charge in [0.25, 0.3) is 0 Å². The molecule has 1 aliphatic rings. The van der Waals surface area contributed by atoms with Crippen LogP contribution in [0, 0.1) is 0 Å². The van der Waals surface area contributed by atoms with Gasteiger partial charge in [-0.3, -0.25) is 0 Å². The minimum atomic E-state index is 0.225. The summed E-state index contributed by atoms with van der Waals surface area (Å²) in [5.74, 6) is 0. The van der Waals surface area contributed by atoms with Crippen LogP contribution in [0.25, 0.3) is 0 Å². The van der Waals surface area contributed by atoms with E-state index >= 15 is 0 Å². The van der Waals surface area contributed by atoms with E-state index in [2.05, 4.69) is 29.2 Å². The predicted octanol–water partition coefficient (Wildman–Crippen LogP) is 2.55. The fraction of sp³-hybridized carbons (Fsp3) is 0.429. The molecule has 0 saturated heterocycles. The van der Waals surface area contributed by atoms with Gasteiger partial charge in [0.1, 0.15) is 0 Å². The summed E-state index contributed by atoms with van der Waals surface area (Å²) in [4.78, 5) is 0. The van der Waals surface area contributed by atoms with Crippen molar-refractivity contribution in [3.8, 4) is 0 Å².